The van der Waals surface area contributed by atoms with Gasteiger partial charge in [0.2, 0.25) is 0 Å². The molecule has 1 aliphatic carbocycles. The minimum atomic E-state index is -0.233. The van der Waals surface area contributed by atoms with Gasteiger partial charge in [0.25, 0.3) is 0 Å². The van der Waals surface area contributed by atoms with Crippen molar-refractivity contribution in [3.63, 3.8) is 0 Å². The van der Waals surface area contributed by atoms with Crippen molar-refractivity contribution in [1.82, 2.24) is 10.6 Å². The topological polar surface area (TPSA) is 36.4 Å². The molecular formula is C16H18ClFIN3S. The first-order valence-electron chi connectivity index (χ1n) is 7.12. The van der Waals surface area contributed by atoms with E-state index in [0.29, 0.717) is 10.6 Å². The second-order valence-corrected chi connectivity index (χ2v) is 6.67. The van der Waals surface area contributed by atoms with Crippen molar-refractivity contribution >= 4 is 52.9 Å². The van der Waals surface area contributed by atoms with E-state index in [4.69, 9.17) is 11.6 Å². The Morgan fingerprint density at radius 3 is 2.87 bits per heavy atom. The van der Waals surface area contributed by atoms with Gasteiger partial charge in [0, 0.05) is 34.5 Å². The fourth-order valence-electron chi connectivity index (χ4n) is 2.49. The van der Waals surface area contributed by atoms with Gasteiger partial charge in [-0.3, -0.25) is 4.99 Å². The Bertz CT molecular complexity index is 658. The quantitative estimate of drug-likeness (QED) is 0.399. The number of thiophene rings is 1. The first-order valence-corrected chi connectivity index (χ1v) is 8.38. The Labute approximate surface area is 161 Å². The molecule has 0 radical (unpaired) electrons. The van der Waals surface area contributed by atoms with Gasteiger partial charge in [0.05, 0.1) is 6.54 Å². The second-order valence-electron chi connectivity index (χ2n) is 5.23. The number of hydrogen-bond donors (Lipinski definition) is 2. The summed E-state index contributed by atoms with van der Waals surface area (Å²) in [6.07, 6.45) is 0.861. The summed E-state index contributed by atoms with van der Waals surface area (Å²) in [5.74, 6) is 0.602. The van der Waals surface area contributed by atoms with Gasteiger partial charge in [-0.2, -0.15) is 0 Å². The van der Waals surface area contributed by atoms with Crippen LogP contribution in [-0.4, -0.2) is 19.0 Å². The fourth-order valence-corrected chi connectivity index (χ4v) is 3.44. The average molecular weight is 466 g/mol. The normalized spacial score (nSPS) is 19.9. The minimum absolute atomic E-state index is 0. The van der Waals surface area contributed by atoms with Crippen LogP contribution in [0.2, 0.25) is 5.02 Å². The van der Waals surface area contributed by atoms with Gasteiger partial charge in [-0.15, -0.1) is 35.3 Å². The molecule has 124 valence electrons. The van der Waals surface area contributed by atoms with Crippen LogP contribution >= 0.6 is 46.9 Å². The van der Waals surface area contributed by atoms with Gasteiger partial charge in [-0.25, -0.2) is 4.39 Å². The molecule has 2 N–H and O–H groups in total. The van der Waals surface area contributed by atoms with Gasteiger partial charge in [-0.1, -0.05) is 23.7 Å². The van der Waals surface area contributed by atoms with Crippen LogP contribution in [0, 0.1) is 5.82 Å². The standard InChI is InChI=1S/C16H17ClFN3S.HI/c1-19-16(20-9-10-4-3-7-22-10)21-14-8-11(14)15-12(17)5-2-6-13(15)18;/h2-7,11,14H,8-9H2,1H3,(H2,19,20,21);1H. The molecule has 1 fully saturated rings. The molecular weight excluding hydrogens is 448 g/mol. The number of halogens is 3. The summed E-state index contributed by atoms with van der Waals surface area (Å²) in [6, 6.07) is 9.09. The van der Waals surface area contributed by atoms with Crippen LogP contribution in [0.1, 0.15) is 22.8 Å². The summed E-state index contributed by atoms with van der Waals surface area (Å²) in [5, 5.41) is 9.13. The smallest absolute Gasteiger partial charge is 0.191 e. The molecule has 2 atom stereocenters. The van der Waals surface area contributed by atoms with Crippen molar-refractivity contribution in [2.45, 2.75) is 24.9 Å². The predicted octanol–water partition coefficient (Wildman–Crippen LogP) is 4.38. The van der Waals surface area contributed by atoms with Gasteiger partial charge in [0.15, 0.2) is 5.96 Å². The van der Waals surface area contributed by atoms with E-state index in [2.05, 4.69) is 21.7 Å². The first-order chi connectivity index (χ1) is 10.7. The molecule has 0 bridgehead atoms. The Balaban J connectivity index is 0.00000192. The summed E-state index contributed by atoms with van der Waals surface area (Å²) in [5.41, 5.74) is 0.607. The number of nitrogens with one attached hydrogen (secondary N) is 2. The lowest BCUT2D eigenvalue weighted by molar-refractivity contribution is 0.608. The molecule has 0 amide bonds. The summed E-state index contributed by atoms with van der Waals surface area (Å²) >= 11 is 7.82. The van der Waals surface area contributed by atoms with Crippen LogP contribution in [0.4, 0.5) is 4.39 Å². The summed E-state index contributed by atoms with van der Waals surface area (Å²) in [6.45, 7) is 0.731. The van der Waals surface area contributed by atoms with E-state index in [1.54, 1.807) is 30.5 Å². The number of nitrogens with zero attached hydrogens (tertiary/aromatic N) is 1. The average Bonchev–Trinajstić information content (AvgIpc) is 3.04. The van der Waals surface area contributed by atoms with E-state index < -0.39 is 0 Å². The highest BCUT2D eigenvalue weighted by molar-refractivity contribution is 14.0. The van der Waals surface area contributed by atoms with E-state index in [0.717, 1.165) is 18.9 Å². The molecule has 0 spiro atoms. The van der Waals surface area contributed by atoms with Crippen molar-refractivity contribution in [2.24, 2.45) is 4.99 Å². The molecule has 0 saturated heterocycles. The van der Waals surface area contributed by atoms with Gasteiger partial charge < -0.3 is 10.6 Å². The number of rotatable bonds is 4. The van der Waals surface area contributed by atoms with Crippen molar-refractivity contribution in [3.8, 4) is 0 Å². The van der Waals surface area contributed by atoms with E-state index in [9.17, 15) is 4.39 Å². The molecule has 1 aromatic carbocycles. The van der Waals surface area contributed by atoms with Crippen LogP contribution in [0.15, 0.2) is 40.7 Å². The number of benzene rings is 1. The molecule has 1 saturated carbocycles. The van der Waals surface area contributed by atoms with Gasteiger partial charge >= 0.3 is 0 Å². The lowest BCUT2D eigenvalue weighted by atomic mass is 10.1. The maximum Gasteiger partial charge on any atom is 0.191 e. The molecule has 1 heterocycles. The van der Waals surface area contributed by atoms with Crippen molar-refractivity contribution in [2.75, 3.05) is 7.05 Å². The SMILES string of the molecule is CN=C(NCc1cccs1)NC1CC1c1c(F)cccc1Cl.I. The van der Waals surface area contributed by atoms with E-state index >= 15 is 0 Å². The molecule has 7 heteroatoms. The second kappa shape index (κ2) is 8.30. The molecule has 1 aromatic heterocycles. The Morgan fingerprint density at radius 2 is 2.22 bits per heavy atom. The highest BCUT2D eigenvalue weighted by Crippen LogP contribution is 2.44. The van der Waals surface area contributed by atoms with E-state index in [-0.39, 0.29) is 41.8 Å². The zero-order chi connectivity index (χ0) is 15.5. The monoisotopic (exact) mass is 465 g/mol. The van der Waals surface area contributed by atoms with Crippen LogP contribution in [0.5, 0.6) is 0 Å². The highest BCUT2D eigenvalue weighted by atomic mass is 127. The Kier molecular flexibility index (Phi) is 6.67. The summed E-state index contributed by atoms with van der Waals surface area (Å²) in [4.78, 5) is 5.46. The largest absolute Gasteiger partial charge is 0.353 e. The maximum absolute atomic E-state index is 13.9. The molecule has 3 rings (SSSR count). The van der Waals surface area contributed by atoms with E-state index in [1.165, 1.54) is 10.9 Å². The first kappa shape index (κ1) is 18.5. The molecule has 1 aliphatic rings. The minimum Gasteiger partial charge on any atom is -0.353 e. The third-order valence-corrected chi connectivity index (χ3v) is 4.92. The van der Waals surface area contributed by atoms with Crippen LogP contribution in [0.3, 0.4) is 0 Å². The highest BCUT2D eigenvalue weighted by Gasteiger charge is 2.41. The zero-order valence-corrected chi connectivity index (χ0v) is 16.5. The van der Waals surface area contributed by atoms with Crippen LogP contribution in [0.25, 0.3) is 0 Å². The maximum atomic E-state index is 13.9. The third kappa shape index (κ3) is 4.58. The predicted molar refractivity (Wildman–Crippen MR) is 106 cm³/mol. The number of aliphatic imine (C=N–C) groups is 1. The number of guanidine groups is 1. The molecule has 3 nitrogen and oxygen atoms in total. The van der Waals surface area contributed by atoms with Crippen molar-refractivity contribution in [3.05, 3.63) is 57.0 Å². The Hall–Kier alpha value is -0.860. The lowest BCUT2D eigenvalue weighted by Crippen LogP contribution is -2.38. The summed E-state index contributed by atoms with van der Waals surface area (Å²) < 4.78 is 13.9. The fraction of sp³-hybridized carbons (Fsp3) is 0.312. The molecule has 2 aromatic rings. The summed E-state index contributed by atoms with van der Waals surface area (Å²) in [7, 11) is 1.73. The molecule has 23 heavy (non-hydrogen) atoms. The van der Waals surface area contributed by atoms with Crippen molar-refractivity contribution < 1.29 is 4.39 Å². The lowest BCUT2D eigenvalue weighted by Gasteiger charge is -2.11. The Morgan fingerprint density at radius 1 is 1.39 bits per heavy atom. The van der Waals surface area contributed by atoms with Crippen LogP contribution in [-0.2, 0) is 6.54 Å². The van der Waals surface area contributed by atoms with Crippen LogP contribution < -0.4 is 10.6 Å². The molecule has 0 aliphatic heterocycles. The van der Waals surface area contributed by atoms with Crippen molar-refractivity contribution in [1.29, 1.82) is 0 Å². The number of hydrogen-bond acceptors (Lipinski definition) is 2. The van der Waals surface area contributed by atoms with E-state index in [1.807, 2.05) is 11.4 Å². The van der Waals surface area contributed by atoms with Gasteiger partial charge in [0.1, 0.15) is 5.82 Å². The molecule has 2 unspecified atom stereocenters. The van der Waals surface area contributed by atoms with Gasteiger partial charge in [-0.05, 0) is 30.0 Å². The third-order valence-electron chi connectivity index (χ3n) is 3.72. The zero-order valence-electron chi connectivity index (χ0n) is 12.6.